The van der Waals surface area contributed by atoms with Gasteiger partial charge in [-0.05, 0) is 66.4 Å². The van der Waals surface area contributed by atoms with Gasteiger partial charge in [0.1, 0.15) is 5.69 Å². The number of amides is 1. The number of hydrogen-bond donors (Lipinski definition) is 1. The number of carbonyl (C=O) groups is 1. The van der Waals surface area contributed by atoms with E-state index in [9.17, 15) is 44.3 Å². The molecule has 18 heteroatoms. The fraction of sp³-hybridized carbons (Fsp3) is 0.480. The van der Waals surface area contributed by atoms with E-state index in [4.69, 9.17) is 17.3 Å². The van der Waals surface area contributed by atoms with Crippen LogP contribution in [0.15, 0.2) is 63.0 Å². The molecule has 0 bridgehead atoms. The summed E-state index contributed by atoms with van der Waals surface area (Å²) >= 11 is 5.78. The second kappa shape index (κ2) is 13.8. The van der Waals surface area contributed by atoms with Gasteiger partial charge in [0.05, 0.1) is 24.5 Å². The maximum Gasteiger partial charge on any atom is 0.415 e. The summed E-state index contributed by atoms with van der Waals surface area (Å²) in [4.78, 5) is 18.2. The minimum Gasteiger partial charge on any atom is -0.368 e. The zero-order valence-corrected chi connectivity index (χ0v) is 23.7. The van der Waals surface area contributed by atoms with Crippen LogP contribution in [-0.2, 0) is 5.92 Å². The highest BCUT2D eigenvalue weighted by Crippen LogP contribution is 2.43. The number of fused-ring (bicyclic) bond motifs is 1. The van der Waals surface area contributed by atoms with Gasteiger partial charge in [0.2, 0.25) is 5.96 Å². The molecule has 0 saturated heterocycles. The zero-order valence-electron chi connectivity index (χ0n) is 22.9. The maximum atomic E-state index is 14.4. The van der Waals surface area contributed by atoms with Crippen molar-refractivity contribution in [1.29, 1.82) is 0 Å². The van der Waals surface area contributed by atoms with E-state index in [0.717, 1.165) is 21.9 Å². The Hall–Kier alpha value is -3.63. The van der Waals surface area contributed by atoms with Crippen LogP contribution in [0, 0.1) is 0 Å². The minimum atomic E-state index is -5.02. The molecule has 2 unspecified atom stereocenters. The van der Waals surface area contributed by atoms with Gasteiger partial charge in [-0.25, -0.2) is 9.37 Å². The van der Waals surface area contributed by atoms with Crippen molar-refractivity contribution in [1.82, 2.24) is 9.88 Å². The summed E-state index contributed by atoms with van der Waals surface area (Å²) < 4.78 is 122. The van der Waals surface area contributed by atoms with E-state index >= 15 is 0 Å². The number of pyridine rings is 1. The Morgan fingerprint density at radius 2 is 1.81 bits per heavy atom. The van der Waals surface area contributed by atoms with Crippen LogP contribution in [-0.4, -0.2) is 59.9 Å². The van der Waals surface area contributed by atoms with Crippen molar-refractivity contribution in [3.8, 4) is 0 Å². The van der Waals surface area contributed by atoms with Crippen LogP contribution >= 0.6 is 11.6 Å². The third-order valence-electron chi connectivity index (χ3n) is 6.37. The first-order valence-electron chi connectivity index (χ1n) is 12.3. The van der Waals surface area contributed by atoms with Crippen molar-refractivity contribution in [2.75, 3.05) is 25.2 Å². The third kappa shape index (κ3) is 8.70. The molecule has 2 N–H and O–H groups in total. The molecule has 2 rings (SSSR count). The SMILES string of the molecule is C=C(/C=C(\C=C(/C)C(F)(F)F)CN(/C(N)=N/N=NC)C1CC(CC)N(C(=O)Cl)c2ccc(C(F)(F)CF)nc21)C(F)(F)F. The Balaban J connectivity index is 2.91. The molecule has 1 aliphatic heterocycles. The quantitative estimate of drug-likeness (QED) is 0.0434. The van der Waals surface area contributed by atoms with Gasteiger partial charge in [-0.2, -0.15) is 40.2 Å². The van der Waals surface area contributed by atoms with E-state index in [-0.39, 0.29) is 24.2 Å². The van der Waals surface area contributed by atoms with Crippen LogP contribution in [0.3, 0.4) is 0 Å². The van der Waals surface area contributed by atoms with Gasteiger partial charge in [0.25, 0.3) is 0 Å². The van der Waals surface area contributed by atoms with Crippen LogP contribution < -0.4 is 10.6 Å². The number of allylic oxidation sites excluding steroid dienone is 3. The molecule has 1 aromatic heterocycles. The van der Waals surface area contributed by atoms with Crippen LogP contribution in [0.25, 0.3) is 0 Å². The van der Waals surface area contributed by atoms with E-state index in [0.29, 0.717) is 19.1 Å². The van der Waals surface area contributed by atoms with Gasteiger partial charge in [-0.3, -0.25) is 9.69 Å². The maximum absolute atomic E-state index is 14.4. The highest BCUT2D eigenvalue weighted by Gasteiger charge is 2.42. The molecule has 0 spiro atoms. The van der Waals surface area contributed by atoms with E-state index < -0.39 is 77.3 Å². The molecule has 0 aliphatic carbocycles. The summed E-state index contributed by atoms with van der Waals surface area (Å²) in [5, 5.41) is 9.32. The summed E-state index contributed by atoms with van der Waals surface area (Å²) in [5.41, 5.74) is 1.14. The summed E-state index contributed by atoms with van der Waals surface area (Å²) in [6, 6.07) is -0.295. The number of nitrogens with zero attached hydrogens (tertiary/aromatic N) is 6. The molecule has 1 amide bonds. The van der Waals surface area contributed by atoms with Crippen LogP contribution in [0.5, 0.6) is 0 Å². The Labute approximate surface area is 245 Å². The van der Waals surface area contributed by atoms with E-state index in [1.54, 1.807) is 6.92 Å². The van der Waals surface area contributed by atoms with Crippen molar-refractivity contribution in [2.45, 2.75) is 57.0 Å². The van der Waals surface area contributed by atoms with Gasteiger partial charge in [-0.1, -0.05) is 18.6 Å². The summed E-state index contributed by atoms with van der Waals surface area (Å²) in [6.45, 7) is 2.16. The lowest BCUT2D eigenvalue weighted by Crippen LogP contribution is -2.49. The van der Waals surface area contributed by atoms with Crippen LogP contribution in [0.1, 0.15) is 44.1 Å². The average molecular weight is 648 g/mol. The molecule has 0 aromatic carbocycles. The van der Waals surface area contributed by atoms with Crippen molar-refractivity contribution in [2.24, 2.45) is 21.2 Å². The lowest BCUT2D eigenvalue weighted by atomic mass is 9.91. The third-order valence-corrected chi connectivity index (χ3v) is 6.56. The predicted octanol–water partition coefficient (Wildman–Crippen LogP) is 7.70. The number of nitrogens with two attached hydrogens (primary N) is 1. The number of halogens is 10. The Morgan fingerprint density at radius 3 is 2.30 bits per heavy atom. The molecule has 2 heterocycles. The molecule has 1 aliphatic rings. The normalized spacial score (nSPS) is 19.1. The zero-order chi connectivity index (χ0) is 32.9. The molecule has 1 aromatic rings. The number of guanidine groups is 1. The molecule has 238 valence electrons. The highest BCUT2D eigenvalue weighted by atomic mass is 35.5. The number of aromatic nitrogens is 1. The number of anilines is 1. The monoisotopic (exact) mass is 647 g/mol. The number of carbonyl (C=O) groups excluding carboxylic acids is 1. The van der Waals surface area contributed by atoms with Crippen molar-refractivity contribution >= 4 is 28.6 Å². The summed E-state index contributed by atoms with van der Waals surface area (Å²) in [5.74, 6) is -4.69. The fourth-order valence-corrected chi connectivity index (χ4v) is 4.45. The first kappa shape index (κ1) is 35.6. The topological polar surface area (TPSA) is 99.5 Å². The lowest BCUT2D eigenvalue weighted by molar-refractivity contribution is -0.0914. The van der Waals surface area contributed by atoms with Crippen molar-refractivity contribution in [3.05, 3.63) is 59.0 Å². The van der Waals surface area contributed by atoms with Crippen LogP contribution in [0.2, 0.25) is 0 Å². The Bertz CT molecular complexity index is 1320. The van der Waals surface area contributed by atoms with Gasteiger partial charge >= 0.3 is 23.6 Å². The number of hydrogen-bond acceptors (Lipinski definition) is 4. The first-order chi connectivity index (χ1) is 19.8. The van der Waals surface area contributed by atoms with Crippen molar-refractivity contribution < 1.29 is 44.3 Å². The largest absolute Gasteiger partial charge is 0.415 e. The van der Waals surface area contributed by atoms with E-state index in [2.05, 4.69) is 27.0 Å². The predicted molar refractivity (Wildman–Crippen MR) is 141 cm³/mol. The number of alkyl halides is 9. The second-order valence-corrected chi connectivity index (χ2v) is 9.64. The fourth-order valence-electron chi connectivity index (χ4n) is 4.22. The summed E-state index contributed by atoms with van der Waals surface area (Å²) in [7, 11) is 1.19. The first-order valence-corrected chi connectivity index (χ1v) is 12.7. The van der Waals surface area contributed by atoms with E-state index in [1.807, 2.05) is 0 Å². The standard InChI is InChI=1S/C25H27ClF9N7O/c1-5-16-10-18(20-17(42(16)21(26)43)6-7-19(38-20)23(28,29)12-27)41(22(36)39-40-37-4)11-15(8-13(2)24(30,31)32)9-14(3)25(33,34)35/h6-9,16,18H,2,5,10-12H2,1,3-4H3,(H2,36,37,39)/b14-9+,15-8+. The Morgan fingerprint density at radius 1 is 1.19 bits per heavy atom. The molecular weight excluding hydrogens is 621 g/mol. The smallest absolute Gasteiger partial charge is 0.368 e. The number of rotatable bonds is 9. The van der Waals surface area contributed by atoms with Gasteiger partial charge in [-0.15, -0.1) is 0 Å². The Kier molecular flexibility index (Phi) is 11.4. The highest BCUT2D eigenvalue weighted by molar-refractivity contribution is 6.66. The molecule has 0 fully saturated rings. The molecule has 8 nitrogen and oxygen atoms in total. The molecule has 43 heavy (non-hydrogen) atoms. The minimum absolute atomic E-state index is 0.122. The van der Waals surface area contributed by atoms with Crippen LogP contribution in [0.4, 0.5) is 50.0 Å². The van der Waals surface area contributed by atoms with Crippen molar-refractivity contribution in [3.63, 3.8) is 0 Å². The molecular formula is C25H27ClF9N7O. The van der Waals surface area contributed by atoms with Gasteiger partial charge in [0.15, 0.2) is 6.67 Å². The lowest BCUT2D eigenvalue weighted by Gasteiger charge is -2.43. The average Bonchev–Trinajstić information content (AvgIpc) is 2.91. The van der Waals surface area contributed by atoms with Gasteiger partial charge < -0.3 is 10.6 Å². The summed E-state index contributed by atoms with van der Waals surface area (Å²) in [6.07, 6.45) is -9.18. The molecule has 0 saturated carbocycles. The molecule has 2 atom stereocenters. The second-order valence-electron chi connectivity index (χ2n) is 9.32. The van der Waals surface area contributed by atoms with Gasteiger partial charge in [0, 0.05) is 23.7 Å². The molecule has 0 radical (unpaired) electrons. The van der Waals surface area contributed by atoms with E-state index in [1.165, 1.54) is 7.05 Å².